The number of nitrogens with zero attached hydrogens (tertiary/aromatic N) is 3. The summed E-state index contributed by atoms with van der Waals surface area (Å²) in [4.78, 5) is 12.1. The molecule has 0 saturated heterocycles. The number of aromatic nitrogens is 3. The average Bonchev–Trinajstić information content (AvgIpc) is 3.04. The molecule has 0 aliphatic carbocycles. The van der Waals surface area contributed by atoms with Gasteiger partial charge in [-0.15, -0.1) is 10.2 Å². The highest BCUT2D eigenvalue weighted by atomic mass is 19.4. The molecule has 1 aromatic heterocycles. The van der Waals surface area contributed by atoms with Crippen LogP contribution in [0.5, 0.6) is 0 Å². The van der Waals surface area contributed by atoms with Crippen LogP contribution >= 0.6 is 0 Å². The van der Waals surface area contributed by atoms with Crippen molar-refractivity contribution in [3.8, 4) is 11.4 Å². The Morgan fingerprint density at radius 1 is 1.10 bits per heavy atom. The molecule has 1 heterocycles. The van der Waals surface area contributed by atoms with E-state index in [-0.39, 0.29) is 12.1 Å². The molecule has 0 saturated carbocycles. The van der Waals surface area contributed by atoms with Crippen LogP contribution in [0.3, 0.4) is 0 Å². The molecule has 0 radical (unpaired) electrons. The van der Waals surface area contributed by atoms with Crippen LogP contribution in [0, 0.1) is 5.82 Å². The smallest absolute Gasteiger partial charge is 0.355 e. The predicted molar refractivity (Wildman–Crippen MR) is 98.3 cm³/mol. The molecule has 1 amide bonds. The van der Waals surface area contributed by atoms with Crippen LogP contribution in [-0.4, -0.2) is 27.2 Å². The zero-order chi connectivity index (χ0) is 21.0. The Morgan fingerprint density at radius 3 is 2.52 bits per heavy atom. The van der Waals surface area contributed by atoms with Gasteiger partial charge in [0.25, 0.3) is 0 Å². The van der Waals surface area contributed by atoms with Gasteiger partial charge in [0.1, 0.15) is 11.6 Å². The Morgan fingerprint density at radius 2 is 1.83 bits per heavy atom. The number of hydrogen-bond donors (Lipinski definition) is 1. The number of halogens is 4. The van der Waals surface area contributed by atoms with E-state index in [1.807, 2.05) is 30.3 Å². The summed E-state index contributed by atoms with van der Waals surface area (Å²) in [6, 6.07) is 11.7. The van der Waals surface area contributed by atoms with Crippen molar-refractivity contribution >= 4 is 5.91 Å². The first kappa shape index (κ1) is 20.5. The lowest BCUT2D eigenvalue weighted by atomic mass is 10.0. The van der Waals surface area contributed by atoms with Gasteiger partial charge in [0.2, 0.25) is 5.91 Å². The molecule has 1 N–H and O–H groups in total. The maximum absolute atomic E-state index is 13.2. The van der Waals surface area contributed by atoms with Crippen LogP contribution in [0.15, 0.2) is 48.5 Å². The van der Waals surface area contributed by atoms with Crippen molar-refractivity contribution < 1.29 is 22.4 Å². The number of amides is 1. The van der Waals surface area contributed by atoms with Crippen LogP contribution in [0.4, 0.5) is 17.6 Å². The van der Waals surface area contributed by atoms with E-state index in [0.717, 1.165) is 17.7 Å². The molecule has 9 heteroatoms. The van der Waals surface area contributed by atoms with Gasteiger partial charge in [0.05, 0.1) is 12.0 Å². The van der Waals surface area contributed by atoms with E-state index >= 15 is 0 Å². The largest absolute Gasteiger partial charge is 0.416 e. The zero-order valence-corrected chi connectivity index (χ0v) is 15.5. The van der Waals surface area contributed by atoms with Gasteiger partial charge in [0, 0.05) is 25.6 Å². The van der Waals surface area contributed by atoms with Crippen molar-refractivity contribution in [3.05, 3.63) is 71.3 Å². The van der Waals surface area contributed by atoms with Crippen LogP contribution < -0.4 is 5.32 Å². The molecule has 0 spiro atoms. The molecule has 3 rings (SSSR count). The van der Waals surface area contributed by atoms with Crippen molar-refractivity contribution in [3.63, 3.8) is 0 Å². The highest BCUT2D eigenvalue weighted by molar-refractivity contribution is 5.79. The Hall–Kier alpha value is -3.23. The second kappa shape index (κ2) is 8.42. The number of alkyl halides is 3. The van der Waals surface area contributed by atoms with Crippen molar-refractivity contribution in [1.29, 1.82) is 0 Å². The quantitative estimate of drug-likeness (QED) is 0.637. The molecule has 3 aromatic rings. The van der Waals surface area contributed by atoms with E-state index in [9.17, 15) is 22.4 Å². The lowest BCUT2D eigenvalue weighted by molar-refractivity contribution is -0.138. The van der Waals surface area contributed by atoms with E-state index < -0.39 is 29.9 Å². The van der Waals surface area contributed by atoms with E-state index in [2.05, 4.69) is 15.5 Å². The first-order valence-corrected chi connectivity index (χ1v) is 8.81. The zero-order valence-electron chi connectivity index (χ0n) is 15.5. The van der Waals surface area contributed by atoms with Gasteiger partial charge in [-0.1, -0.05) is 36.4 Å². The van der Waals surface area contributed by atoms with Gasteiger partial charge in [-0.3, -0.25) is 4.79 Å². The highest BCUT2D eigenvalue weighted by Crippen LogP contribution is 2.32. The summed E-state index contributed by atoms with van der Waals surface area (Å²) < 4.78 is 54.0. The number of benzene rings is 2. The minimum Gasteiger partial charge on any atom is -0.355 e. The number of carbonyl (C=O) groups is 1. The summed E-state index contributed by atoms with van der Waals surface area (Å²) >= 11 is 0. The van der Waals surface area contributed by atoms with Crippen LogP contribution in [0.1, 0.15) is 17.0 Å². The number of nitrogens with one attached hydrogen (secondary N) is 1. The lowest BCUT2D eigenvalue weighted by Crippen LogP contribution is -2.28. The Balaban J connectivity index is 1.60. The molecule has 152 valence electrons. The molecule has 0 fully saturated rings. The maximum atomic E-state index is 13.2. The van der Waals surface area contributed by atoms with E-state index in [0.29, 0.717) is 24.1 Å². The minimum atomic E-state index is -4.73. The summed E-state index contributed by atoms with van der Waals surface area (Å²) in [5.74, 6) is -0.291. The minimum absolute atomic E-state index is 0.183. The Labute approximate surface area is 164 Å². The molecular weight excluding hydrogens is 388 g/mol. The lowest BCUT2D eigenvalue weighted by Gasteiger charge is -2.13. The molecule has 0 aliphatic heterocycles. The normalized spacial score (nSPS) is 11.5. The van der Waals surface area contributed by atoms with E-state index in [4.69, 9.17) is 0 Å². The standard InChI is InChI=1S/C20H18F4N4O/c1-28-17(26-27-19(28)13-5-3-2-4-6-13)9-10-25-18(29)11-14-7-8-15(21)12-16(14)20(22,23)24/h2-8,12H,9-11H2,1H3,(H,25,29). The molecule has 5 nitrogen and oxygen atoms in total. The highest BCUT2D eigenvalue weighted by Gasteiger charge is 2.34. The third kappa shape index (κ3) is 4.98. The van der Waals surface area contributed by atoms with Gasteiger partial charge >= 0.3 is 6.18 Å². The molecular formula is C20H18F4N4O. The first-order chi connectivity index (χ1) is 13.8. The topological polar surface area (TPSA) is 59.8 Å². The summed E-state index contributed by atoms with van der Waals surface area (Å²) in [5, 5.41) is 10.8. The molecule has 0 bridgehead atoms. The fourth-order valence-corrected chi connectivity index (χ4v) is 2.93. The number of hydrogen-bond acceptors (Lipinski definition) is 3. The second-order valence-corrected chi connectivity index (χ2v) is 6.44. The van der Waals surface area contributed by atoms with Crippen LogP contribution in [0.25, 0.3) is 11.4 Å². The van der Waals surface area contributed by atoms with Gasteiger partial charge in [0.15, 0.2) is 5.82 Å². The summed E-state index contributed by atoms with van der Waals surface area (Å²) in [7, 11) is 1.80. The van der Waals surface area contributed by atoms with Gasteiger partial charge < -0.3 is 9.88 Å². The van der Waals surface area contributed by atoms with Crippen molar-refractivity contribution in [2.45, 2.75) is 19.0 Å². The number of carbonyl (C=O) groups excluding carboxylic acids is 1. The third-order valence-corrected chi connectivity index (χ3v) is 4.40. The summed E-state index contributed by atoms with van der Waals surface area (Å²) in [6.45, 7) is 0.183. The van der Waals surface area contributed by atoms with Crippen molar-refractivity contribution in [2.24, 2.45) is 7.05 Å². The SMILES string of the molecule is Cn1c(CCNC(=O)Cc2ccc(F)cc2C(F)(F)F)nnc1-c1ccccc1. The van der Waals surface area contributed by atoms with E-state index in [1.165, 1.54) is 0 Å². The van der Waals surface area contributed by atoms with E-state index in [1.54, 1.807) is 11.6 Å². The Bertz CT molecular complexity index is 999. The predicted octanol–water partition coefficient (Wildman–Crippen LogP) is 3.54. The Kier molecular flexibility index (Phi) is 5.95. The fourth-order valence-electron chi connectivity index (χ4n) is 2.93. The van der Waals surface area contributed by atoms with Crippen LogP contribution in [0.2, 0.25) is 0 Å². The fraction of sp³-hybridized carbons (Fsp3) is 0.250. The molecule has 0 atom stereocenters. The van der Waals surface area contributed by atoms with Crippen LogP contribution in [-0.2, 0) is 30.9 Å². The second-order valence-electron chi connectivity index (χ2n) is 6.44. The number of rotatable bonds is 6. The summed E-state index contributed by atoms with van der Waals surface area (Å²) in [5.41, 5.74) is -0.524. The van der Waals surface area contributed by atoms with Gasteiger partial charge in [-0.2, -0.15) is 13.2 Å². The van der Waals surface area contributed by atoms with Gasteiger partial charge in [-0.05, 0) is 17.7 Å². The maximum Gasteiger partial charge on any atom is 0.416 e. The van der Waals surface area contributed by atoms with Gasteiger partial charge in [-0.25, -0.2) is 4.39 Å². The third-order valence-electron chi connectivity index (χ3n) is 4.40. The van der Waals surface area contributed by atoms with Crippen molar-refractivity contribution in [2.75, 3.05) is 6.54 Å². The summed E-state index contributed by atoms with van der Waals surface area (Å²) in [6.07, 6.45) is -4.87. The first-order valence-electron chi connectivity index (χ1n) is 8.81. The van der Waals surface area contributed by atoms with Crippen molar-refractivity contribution in [1.82, 2.24) is 20.1 Å². The molecule has 0 unspecified atom stereocenters. The molecule has 2 aromatic carbocycles. The molecule has 29 heavy (non-hydrogen) atoms. The monoisotopic (exact) mass is 406 g/mol. The molecule has 0 aliphatic rings. The average molecular weight is 406 g/mol.